The van der Waals surface area contributed by atoms with E-state index in [0.29, 0.717) is 12.1 Å². The van der Waals surface area contributed by atoms with Gasteiger partial charge in [-0.2, -0.15) is 4.37 Å². The van der Waals surface area contributed by atoms with Gasteiger partial charge < -0.3 is 30.9 Å². The van der Waals surface area contributed by atoms with Crippen molar-refractivity contribution in [1.29, 1.82) is 0 Å². The summed E-state index contributed by atoms with van der Waals surface area (Å²) in [6.45, 7) is 5.41. The summed E-state index contributed by atoms with van der Waals surface area (Å²) in [6, 6.07) is 3.70. The SMILES string of the molecule is CN1CCN(CCCNC(=O)Nc2snc(OCc3ccc(F)c(C(=O)NC4CC4)c3)c2C(N)=O)CC1. The molecule has 0 atom stereocenters. The molecule has 0 bridgehead atoms. The Morgan fingerprint density at radius 2 is 1.97 bits per heavy atom. The molecule has 2 fully saturated rings. The molecule has 0 radical (unpaired) electrons. The van der Waals surface area contributed by atoms with Gasteiger partial charge in [-0.1, -0.05) is 6.07 Å². The fourth-order valence-corrected chi connectivity index (χ4v) is 4.61. The van der Waals surface area contributed by atoms with Crippen molar-refractivity contribution >= 4 is 34.4 Å². The Morgan fingerprint density at radius 1 is 1.22 bits per heavy atom. The molecule has 1 aromatic heterocycles. The molecule has 4 rings (SSSR count). The molecule has 1 saturated carbocycles. The van der Waals surface area contributed by atoms with E-state index in [1.807, 2.05) is 0 Å². The Labute approximate surface area is 218 Å². The number of nitrogens with zero attached hydrogens (tertiary/aromatic N) is 3. The van der Waals surface area contributed by atoms with E-state index in [9.17, 15) is 18.8 Å². The lowest BCUT2D eigenvalue weighted by Crippen LogP contribution is -2.45. The molecule has 2 aliphatic rings. The Morgan fingerprint density at radius 3 is 2.68 bits per heavy atom. The van der Waals surface area contributed by atoms with E-state index in [-0.39, 0.29) is 34.7 Å². The minimum absolute atomic E-state index is 0.0452. The van der Waals surface area contributed by atoms with Crippen LogP contribution < -0.4 is 26.4 Å². The maximum atomic E-state index is 14.1. The van der Waals surface area contributed by atoms with E-state index in [1.54, 1.807) is 0 Å². The number of nitrogens with one attached hydrogen (secondary N) is 3. The molecule has 0 unspecified atom stereocenters. The van der Waals surface area contributed by atoms with E-state index in [4.69, 9.17) is 10.5 Å². The van der Waals surface area contributed by atoms with Gasteiger partial charge in [-0.25, -0.2) is 9.18 Å². The van der Waals surface area contributed by atoms with E-state index >= 15 is 0 Å². The summed E-state index contributed by atoms with van der Waals surface area (Å²) >= 11 is 0.870. The summed E-state index contributed by atoms with van der Waals surface area (Å²) in [7, 11) is 2.11. The van der Waals surface area contributed by atoms with E-state index < -0.39 is 23.7 Å². The Balaban J connectivity index is 1.29. The van der Waals surface area contributed by atoms with Crippen molar-refractivity contribution in [2.75, 3.05) is 51.6 Å². The largest absolute Gasteiger partial charge is 0.472 e. The topological polar surface area (TPSA) is 142 Å². The zero-order chi connectivity index (χ0) is 26.4. The molecular weight excluding hydrogens is 501 g/mol. The first-order valence-electron chi connectivity index (χ1n) is 12.3. The van der Waals surface area contributed by atoms with Gasteiger partial charge in [0.1, 0.15) is 23.0 Å². The Hall–Kier alpha value is -3.29. The summed E-state index contributed by atoms with van der Waals surface area (Å²) in [4.78, 5) is 41.3. The van der Waals surface area contributed by atoms with Crippen LogP contribution in [0.4, 0.5) is 14.2 Å². The van der Waals surface area contributed by atoms with E-state index in [0.717, 1.165) is 63.5 Å². The molecule has 11 nitrogen and oxygen atoms in total. The van der Waals surface area contributed by atoms with Crippen molar-refractivity contribution in [2.24, 2.45) is 5.73 Å². The standard InChI is InChI=1S/C24H32FN7O4S/c1-31-9-11-32(12-10-31)8-2-7-27-24(35)29-23-19(20(26)33)22(30-37-23)36-14-15-3-6-18(25)17(13-15)21(34)28-16-4-5-16/h3,6,13,16H,2,4-5,7-12,14H2,1H3,(H2,26,33)(H,28,34)(H2,27,29,35). The van der Waals surface area contributed by atoms with Gasteiger partial charge in [0.05, 0.1) is 5.56 Å². The molecule has 4 amide bonds. The van der Waals surface area contributed by atoms with Gasteiger partial charge in [-0.15, -0.1) is 0 Å². The Kier molecular flexibility index (Phi) is 8.90. The number of ether oxygens (including phenoxy) is 1. The van der Waals surface area contributed by atoms with Crippen LogP contribution in [0, 0.1) is 5.82 Å². The highest BCUT2D eigenvalue weighted by molar-refractivity contribution is 7.11. The van der Waals surface area contributed by atoms with Gasteiger partial charge in [0.25, 0.3) is 11.8 Å². The normalized spacial score (nSPS) is 16.3. The van der Waals surface area contributed by atoms with Crippen LogP contribution >= 0.6 is 11.5 Å². The first-order valence-corrected chi connectivity index (χ1v) is 13.0. The van der Waals surface area contributed by atoms with Gasteiger partial charge in [0, 0.05) is 38.8 Å². The van der Waals surface area contributed by atoms with Crippen molar-refractivity contribution in [3.05, 3.63) is 40.7 Å². The first-order chi connectivity index (χ1) is 17.8. The summed E-state index contributed by atoms with van der Waals surface area (Å²) in [5.41, 5.74) is 5.91. The lowest BCUT2D eigenvalue weighted by atomic mass is 10.1. The maximum absolute atomic E-state index is 14.1. The quantitative estimate of drug-likeness (QED) is 0.322. The molecule has 37 heavy (non-hydrogen) atoms. The van der Waals surface area contributed by atoms with Crippen molar-refractivity contribution in [3.8, 4) is 5.88 Å². The molecule has 2 heterocycles. The average molecular weight is 534 g/mol. The smallest absolute Gasteiger partial charge is 0.319 e. The highest BCUT2D eigenvalue weighted by atomic mass is 32.1. The molecule has 0 spiro atoms. The van der Waals surface area contributed by atoms with Crippen LogP contribution in [-0.4, -0.2) is 84.4 Å². The van der Waals surface area contributed by atoms with Gasteiger partial charge in [0.2, 0.25) is 5.88 Å². The highest BCUT2D eigenvalue weighted by Crippen LogP contribution is 2.31. The van der Waals surface area contributed by atoms with Crippen LogP contribution in [0.1, 0.15) is 45.5 Å². The number of halogens is 1. The molecule has 200 valence electrons. The molecule has 1 saturated heterocycles. The van der Waals surface area contributed by atoms with Crippen molar-refractivity contribution < 1.29 is 23.5 Å². The number of rotatable bonds is 11. The number of carbonyl (C=O) groups excluding carboxylic acids is 3. The molecule has 5 N–H and O–H groups in total. The number of primary amides is 1. The molecule has 13 heteroatoms. The molecule has 1 aliphatic carbocycles. The van der Waals surface area contributed by atoms with Crippen LogP contribution in [0.15, 0.2) is 18.2 Å². The van der Waals surface area contributed by atoms with Crippen LogP contribution in [-0.2, 0) is 6.61 Å². The van der Waals surface area contributed by atoms with Crippen molar-refractivity contribution in [2.45, 2.75) is 31.9 Å². The van der Waals surface area contributed by atoms with Gasteiger partial charge in [-0.05, 0) is 62.1 Å². The first kappa shape index (κ1) is 26.8. The maximum Gasteiger partial charge on any atom is 0.319 e. The minimum Gasteiger partial charge on any atom is -0.472 e. The zero-order valence-corrected chi connectivity index (χ0v) is 21.5. The summed E-state index contributed by atoms with van der Waals surface area (Å²) < 4.78 is 23.9. The monoisotopic (exact) mass is 533 g/mol. The second kappa shape index (κ2) is 12.3. The average Bonchev–Trinajstić information content (AvgIpc) is 3.59. The third-order valence-corrected chi connectivity index (χ3v) is 6.98. The Bertz CT molecular complexity index is 1130. The van der Waals surface area contributed by atoms with Crippen molar-refractivity contribution in [3.63, 3.8) is 0 Å². The molecular formula is C24H32FN7O4S. The number of amides is 4. The lowest BCUT2D eigenvalue weighted by Gasteiger charge is -2.32. The number of benzene rings is 1. The molecule has 1 aliphatic heterocycles. The third-order valence-electron chi connectivity index (χ3n) is 6.23. The summed E-state index contributed by atoms with van der Waals surface area (Å²) in [5.74, 6) is -1.96. The second-order valence-electron chi connectivity index (χ2n) is 9.29. The molecule has 2 aromatic rings. The summed E-state index contributed by atoms with van der Waals surface area (Å²) in [6.07, 6.45) is 2.58. The predicted octanol–water partition coefficient (Wildman–Crippen LogP) is 1.61. The minimum atomic E-state index is -0.808. The number of urea groups is 1. The van der Waals surface area contributed by atoms with Gasteiger partial charge >= 0.3 is 6.03 Å². The second-order valence-corrected chi connectivity index (χ2v) is 10.1. The number of hydrogen-bond donors (Lipinski definition) is 4. The molecule has 1 aromatic carbocycles. The number of hydrogen-bond acceptors (Lipinski definition) is 8. The number of carbonyl (C=O) groups is 3. The van der Waals surface area contributed by atoms with Crippen molar-refractivity contribution in [1.82, 2.24) is 24.8 Å². The number of aromatic nitrogens is 1. The van der Waals surface area contributed by atoms with Gasteiger partial charge in [0.15, 0.2) is 0 Å². The van der Waals surface area contributed by atoms with Gasteiger partial charge in [-0.3, -0.25) is 14.9 Å². The predicted molar refractivity (Wildman–Crippen MR) is 137 cm³/mol. The number of piperazine rings is 1. The van der Waals surface area contributed by atoms with Crippen LogP contribution in [0.3, 0.4) is 0 Å². The van der Waals surface area contributed by atoms with Crippen LogP contribution in [0.2, 0.25) is 0 Å². The lowest BCUT2D eigenvalue weighted by molar-refractivity contribution is 0.0945. The van der Waals surface area contributed by atoms with E-state index in [2.05, 4.69) is 37.2 Å². The van der Waals surface area contributed by atoms with E-state index in [1.165, 1.54) is 18.2 Å². The third kappa shape index (κ3) is 7.60. The highest BCUT2D eigenvalue weighted by Gasteiger charge is 2.26. The van der Waals surface area contributed by atoms with Crippen LogP contribution in [0.5, 0.6) is 5.88 Å². The number of likely N-dealkylation sites (N-methyl/N-ethyl adjacent to an activating group) is 1. The summed E-state index contributed by atoms with van der Waals surface area (Å²) in [5, 5.41) is 8.31. The fraction of sp³-hybridized carbons (Fsp3) is 0.500. The fourth-order valence-electron chi connectivity index (χ4n) is 3.88. The number of nitrogens with two attached hydrogens (primary N) is 1. The number of anilines is 1. The van der Waals surface area contributed by atoms with Crippen LogP contribution in [0.25, 0.3) is 0 Å². The zero-order valence-electron chi connectivity index (χ0n) is 20.7.